The smallest absolute Gasteiger partial charge is 0.230 e. The van der Waals surface area contributed by atoms with E-state index in [2.05, 4.69) is 72.5 Å². The number of aliphatic hydroxyl groups excluding tert-OH is 1. The Bertz CT molecular complexity index is 1250. The maximum Gasteiger partial charge on any atom is 0.230 e. The highest BCUT2D eigenvalue weighted by atomic mass is 16.5. The molecule has 0 aliphatic heterocycles. The van der Waals surface area contributed by atoms with Crippen LogP contribution < -0.4 is 9.64 Å². The Morgan fingerprint density at radius 2 is 1.79 bits per heavy atom. The second-order valence-corrected chi connectivity index (χ2v) is 11.5. The van der Waals surface area contributed by atoms with E-state index in [0.29, 0.717) is 24.7 Å². The first-order valence-electron chi connectivity index (χ1n) is 14.7. The van der Waals surface area contributed by atoms with Gasteiger partial charge in [-0.05, 0) is 112 Å². The van der Waals surface area contributed by atoms with Gasteiger partial charge in [-0.1, -0.05) is 24.3 Å². The number of carbonyl (C=O) groups is 1. The molecule has 0 saturated heterocycles. The number of rotatable bonds is 8. The number of methoxy groups -OCH3 is 1. The van der Waals surface area contributed by atoms with Crippen LogP contribution in [0.4, 0.5) is 5.69 Å². The molecule has 0 radical (unpaired) electrons. The molecular weight excluding hydrogens is 486 g/mol. The minimum atomic E-state index is -0.266. The molecule has 2 fully saturated rings. The minimum absolute atomic E-state index is 0.0153. The molecule has 5 rings (SSSR count). The van der Waals surface area contributed by atoms with Crippen molar-refractivity contribution in [3.63, 3.8) is 0 Å². The summed E-state index contributed by atoms with van der Waals surface area (Å²) >= 11 is 0. The number of hydrogen-bond acceptors (Lipinski definition) is 4. The molecular formula is C33H43N3O3. The van der Waals surface area contributed by atoms with Crippen molar-refractivity contribution >= 4 is 11.6 Å². The van der Waals surface area contributed by atoms with E-state index < -0.39 is 0 Å². The summed E-state index contributed by atoms with van der Waals surface area (Å²) in [4.78, 5) is 16.0. The topological polar surface area (TPSA) is 67.6 Å². The zero-order chi connectivity index (χ0) is 27.4. The number of anilines is 1. The summed E-state index contributed by atoms with van der Waals surface area (Å²) in [5, 5.41) is 14.5. The highest BCUT2D eigenvalue weighted by Crippen LogP contribution is 2.39. The summed E-state index contributed by atoms with van der Waals surface area (Å²) in [7, 11) is 1.73. The van der Waals surface area contributed by atoms with Gasteiger partial charge in [-0.2, -0.15) is 5.10 Å². The number of nitrogens with zero attached hydrogens (tertiary/aromatic N) is 3. The fraction of sp³-hybridized carbons (Fsp3) is 0.515. The van der Waals surface area contributed by atoms with Crippen molar-refractivity contribution in [2.24, 2.45) is 11.8 Å². The summed E-state index contributed by atoms with van der Waals surface area (Å²) in [5.74, 6) is 2.19. The van der Waals surface area contributed by atoms with Crippen molar-refractivity contribution in [3.8, 4) is 16.9 Å². The van der Waals surface area contributed by atoms with Gasteiger partial charge in [0.05, 0.1) is 19.4 Å². The third kappa shape index (κ3) is 6.38. The molecule has 2 aromatic carbocycles. The summed E-state index contributed by atoms with van der Waals surface area (Å²) in [5.41, 5.74) is 5.72. The molecule has 0 bridgehead atoms. The van der Waals surface area contributed by atoms with E-state index in [9.17, 15) is 9.90 Å². The number of benzene rings is 2. The van der Waals surface area contributed by atoms with Gasteiger partial charge < -0.3 is 14.7 Å². The first-order valence-corrected chi connectivity index (χ1v) is 14.7. The van der Waals surface area contributed by atoms with Gasteiger partial charge in [-0.25, -0.2) is 0 Å². The summed E-state index contributed by atoms with van der Waals surface area (Å²) in [6.07, 6.45) is 11.2. The molecule has 1 heterocycles. The summed E-state index contributed by atoms with van der Waals surface area (Å²) in [6.45, 7) is 5.78. The average Bonchev–Trinajstić information content (AvgIpc) is 3.46. The van der Waals surface area contributed by atoms with Gasteiger partial charge in [0.15, 0.2) is 0 Å². The number of aliphatic hydroxyl groups is 1. The number of ether oxygens (including phenoxy) is 1. The molecule has 0 unspecified atom stereocenters. The van der Waals surface area contributed by atoms with Crippen LogP contribution in [0.2, 0.25) is 0 Å². The number of hydrogen-bond donors (Lipinski definition) is 1. The molecule has 1 amide bonds. The maximum atomic E-state index is 14.0. The van der Waals surface area contributed by atoms with Crippen LogP contribution >= 0.6 is 0 Å². The van der Waals surface area contributed by atoms with Gasteiger partial charge in [0.25, 0.3) is 0 Å². The van der Waals surface area contributed by atoms with Crippen LogP contribution in [0.15, 0.2) is 54.9 Å². The quantitative estimate of drug-likeness (QED) is 0.351. The van der Waals surface area contributed by atoms with Crippen LogP contribution in [0.1, 0.15) is 75.3 Å². The zero-order valence-electron chi connectivity index (χ0n) is 23.7. The first kappa shape index (κ1) is 27.4. The maximum absolute atomic E-state index is 14.0. The predicted octanol–water partition coefficient (Wildman–Crippen LogP) is 6.75. The molecule has 0 atom stereocenters. The summed E-state index contributed by atoms with van der Waals surface area (Å²) < 4.78 is 7.39. The van der Waals surface area contributed by atoms with E-state index in [1.54, 1.807) is 7.11 Å². The second kappa shape index (κ2) is 12.4. The Kier molecular flexibility index (Phi) is 8.71. The van der Waals surface area contributed by atoms with Crippen molar-refractivity contribution in [2.75, 3.05) is 18.6 Å². The average molecular weight is 530 g/mol. The van der Waals surface area contributed by atoms with Crippen LogP contribution in [0.5, 0.6) is 5.75 Å². The van der Waals surface area contributed by atoms with Crippen molar-refractivity contribution in [1.82, 2.24) is 9.78 Å². The molecule has 6 heteroatoms. The minimum Gasteiger partial charge on any atom is -0.496 e. The van der Waals surface area contributed by atoms with Gasteiger partial charge in [-0.15, -0.1) is 0 Å². The molecule has 3 aromatic rings. The van der Waals surface area contributed by atoms with Crippen molar-refractivity contribution < 1.29 is 14.6 Å². The lowest BCUT2D eigenvalue weighted by Gasteiger charge is -2.36. The van der Waals surface area contributed by atoms with Crippen LogP contribution in [0.25, 0.3) is 11.1 Å². The van der Waals surface area contributed by atoms with Crippen LogP contribution in [0, 0.1) is 18.8 Å². The molecule has 1 N–H and O–H groups in total. The molecule has 2 aliphatic rings. The molecule has 2 aliphatic carbocycles. The van der Waals surface area contributed by atoms with E-state index in [4.69, 9.17) is 4.74 Å². The standard InChI is InChI=1S/C33H43N3O3/c1-4-35-22-29(20-34-35)27-6-5-7-30(19-27)36(33(38)26-12-15-31(37)16-13-26)21-24-8-10-25(11-9-24)28-14-17-32(39-3)23(2)18-28/h5-7,14,17-20,22,24-26,31,37H,4,8-13,15-16,21H2,1-3H3. The predicted molar refractivity (Wildman–Crippen MR) is 156 cm³/mol. The highest BCUT2D eigenvalue weighted by Gasteiger charge is 2.32. The molecule has 208 valence electrons. The van der Waals surface area contributed by atoms with Crippen molar-refractivity contribution in [1.29, 1.82) is 0 Å². The molecule has 2 saturated carbocycles. The second-order valence-electron chi connectivity index (χ2n) is 11.5. The zero-order valence-corrected chi connectivity index (χ0v) is 23.7. The molecule has 0 spiro atoms. The Morgan fingerprint density at radius 1 is 1.03 bits per heavy atom. The van der Waals surface area contributed by atoms with Crippen LogP contribution in [-0.4, -0.2) is 40.6 Å². The first-order chi connectivity index (χ1) is 18.9. The molecule has 6 nitrogen and oxygen atoms in total. The Labute approximate surface area is 233 Å². The Balaban J connectivity index is 1.33. The normalized spacial score (nSPS) is 23.4. The van der Waals surface area contributed by atoms with Gasteiger partial charge in [0, 0.05) is 36.5 Å². The Morgan fingerprint density at radius 3 is 2.46 bits per heavy atom. The van der Waals surface area contributed by atoms with Gasteiger partial charge in [0.1, 0.15) is 5.75 Å². The van der Waals surface area contributed by atoms with Gasteiger partial charge >= 0.3 is 0 Å². The summed E-state index contributed by atoms with van der Waals surface area (Å²) in [6, 6.07) is 15.0. The lowest BCUT2D eigenvalue weighted by Crippen LogP contribution is -2.41. The van der Waals surface area contributed by atoms with Gasteiger partial charge in [0.2, 0.25) is 5.91 Å². The van der Waals surface area contributed by atoms with Crippen LogP contribution in [0.3, 0.4) is 0 Å². The molecule has 39 heavy (non-hydrogen) atoms. The lowest BCUT2D eigenvalue weighted by molar-refractivity contribution is -0.124. The van der Waals surface area contributed by atoms with Crippen molar-refractivity contribution in [2.45, 2.75) is 83.8 Å². The van der Waals surface area contributed by atoms with Crippen molar-refractivity contribution in [3.05, 3.63) is 66.0 Å². The third-order valence-corrected chi connectivity index (χ3v) is 8.94. The Hall–Kier alpha value is -3.12. The fourth-order valence-corrected chi connectivity index (χ4v) is 6.50. The third-order valence-electron chi connectivity index (χ3n) is 8.94. The SMILES string of the molecule is CCn1cc(-c2cccc(N(CC3CCC(c4ccc(OC)c(C)c4)CC3)C(=O)C3CCC(O)CC3)c2)cn1. The number of aryl methyl sites for hydroxylation is 2. The monoisotopic (exact) mass is 529 g/mol. The highest BCUT2D eigenvalue weighted by molar-refractivity contribution is 5.95. The fourth-order valence-electron chi connectivity index (χ4n) is 6.50. The van der Waals surface area contributed by atoms with Gasteiger partial charge in [-0.3, -0.25) is 9.48 Å². The van der Waals surface area contributed by atoms with Crippen LogP contribution in [-0.2, 0) is 11.3 Å². The van der Waals surface area contributed by atoms with E-state index in [1.165, 1.54) is 11.1 Å². The number of aromatic nitrogens is 2. The lowest BCUT2D eigenvalue weighted by atomic mass is 9.78. The van der Waals surface area contributed by atoms with E-state index in [-0.39, 0.29) is 17.9 Å². The van der Waals surface area contributed by atoms with E-state index in [0.717, 1.165) is 74.2 Å². The largest absolute Gasteiger partial charge is 0.496 e. The number of carbonyl (C=O) groups excluding carboxylic acids is 1. The van der Waals surface area contributed by atoms with E-state index in [1.807, 2.05) is 10.9 Å². The molecule has 1 aromatic heterocycles. The number of amides is 1. The van der Waals surface area contributed by atoms with E-state index >= 15 is 0 Å².